The number of anilines is 2. The van der Waals surface area contributed by atoms with Gasteiger partial charge in [0.15, 0.2) is 0 Å². The third-order valence-electron chi connectivity index (χ3n) is 7.16. The number of amides is 3. The summed E-state index contributed by atoms with van der Waals surface area (Å²) in [6.45, 7) is 4.84. The number of pyridine rings is 1. The third-order valence-corrected chi connectivity index (χ3v) is 8.08. The molecule has 0 spiro atoms. The highest BCUT2D eigenvalue weighted by atomic mass is 35.5. The summed E-state index contributed by atoms with van der Waals surface area (Å²) in [5.41, 5.74) is 6.50. The molecule has 1 aliphatic rings. The van der Waals surface area contributed by atoms with E-state index in [1.54, 1.807) is 41.4 Å². The van der Waals surface area contributed by atoms with Crippen molar-refractivity contribution in [2.24, 2.45) is 5.73 Å². The number of hydrogen-bond donors (Lipinski definition) is 3. The van der Waals surface area contributed by atoms with Crippen LogP contribution in [0.25, 0.3) is 0 Å². The molecule has 45 heavy (non-hydrogen) atoms. The highest BCUT2D eigenvalue weighted by Crippen LogP contribution is 2.28. The average molecular weight is 684 g/mol. The van der Waals surface area contributed by atoms with Crippen LogP contribution in [0.3, 0.4) is 0 Å². The predicted molar refractivity (Wildman–Crippen MR) is 175 cm³/mol. The van der Waals surface area contributed by atoms with Crippen molar-refractivity contribution in [3.05, 3.63) is 76.7 Å². The maximum atomic E-state index is 14.0. The van der Waals surface area contributed by atoms with Crippen LogP contribution in [0.1, 0.15) is 48.5 Å². The molecule has 244 valence electrons. The van der Waals surface area contributed by atoms with Crippen LogP contribution >= 0.6 is 24.0 Å². The van der Waals surface area contributed by atoms with E-state index in [0.29, 0.717) is 30.4 Å². The highest BCUT2D eigenvalue weighted by molar-refractivity contribution is 7.92. The number of carbonyl (C=O) groups is 2. The Morgan fingerprint density at radius 3 is 2.42 bits per heavy atom. The molecule has 0 saturated carbocycles. The van der Waals surface area contributed by atoms with Crippen LogP contribution in [0.4, 0.5) is 20.6 Å². The van der Waals surface area contributed by atoms with Crippen LogP contribution in [0, 0.1) is 5.82 Å². The van der Waals surface area contributed by atoms with Crippen molar-refractivity contribution in [2.75, 3.05) is 35.9 Å². The molecule has 2 aromatic carbocycles. The number of carbonyl (C=O) groups excluding carboxylic acids is 2. The number of aromatic nitrogens is 1. The van der Waals surface area contributed by atoms with Crippen LogP contribution in [0.15, 0.2) is 54.7 Å². The lowest BCUT2D eigenvalue weighted by molar-refractivity contribution is 0.0996. The molecule has 3 aromatic rings. The van der Waals surface area contributed by atoms with E-state index < -0.39 is 21.7 Å². The smallest absolute Gasteiger partial charge is 0.322 e. The number of urea groups is 1. The summed E-state index contributed by atoms with van der Waals surface area (Å²) in [4.78, 5) is 33.4. The maximum absolute atomic E-state index is 14.0. The first-order valence-electron chi connectivity index (χ1n) is 14.2. The summed E-state index contributed by atoms with van der Waals surface area (Å²) in [6, 6.07) is 12.0. The van der Waals surface area contributed by atoms with E-state index >= 15 is 0 Å². The van der Waals surface area contributed by atoms with Gasteiger partial charge in [0, 0.05) is 50.2 Å². The molecule has 0 bridgehead atoms. The molecule has 1 aromatic heterocycles. The van der Waals surface area contributed by atoms with Crippen molar-refractivity contribution in [1.29, 1.82) is 0 Å². The Balaban J connectivity index is 0.00000552. The van der Waals surface area contributed by atoms with E-state index in [4.69, 9.17) is 22.1 Å². The molecule has 11 nitrogen and oxygen atoms in total. The van der Waals surface area contributed by atoms with Gasteiger partial charge in [-0.1, -0.05) is 31.0 Å². The van der Waals surface area contributed by atoms with Gasteiger partial charge in [0.05, 0.1) is 22.5 Å². The van der Waals surface area contributed by atoms with Crippen LogP contribution in [0.2, 0.25) is 5.02 Å². The topological polar surface area (TPSA) is 147 Å². The molecule has 1 aliphatic heterocycles. The maximum Gasteiger partial charge on any atom is 0.322 e. The average Bonchev–Trinajstić information content (AvgIpc) is 2.96. The minimum absolute atomic E-state index is 0. The number of nitrogens with two attached hydrogens (primary N) is 1. The molecule has 0 atom stereocenters. The lowest BCUT2D eigenvalue weighted by Crippen LogP contribution is -2.49. The van der Waals surface area contributed by atoms with Crippen LogP contribution < -0.4 is 20.5 Å². The summed E-state index contributed by atoms with van der Waals surface area (Å²) >= 11 is 6.15. The quantitative estimate of drug-likeness (QED) is 0.217. The van der Waals surface area contributed by atoms with Gasteiger partial charge in [-0.05, 0) is 61.2 Å². The zero-order chi connectivity index (χ0) is 31.9. The molecule has 1 fully saturated rings. The second-order valence-electron chi connectivity index (χ2n) is 10.7. The molecular weight excluding hydrogens is 646 g/mol. The fraction of sp³-hybridized carbons (Fsp3) is 0.367. The molecule has 2 heterocycles. The van der Waals surface area contributed by atoms with Crippen LogP contribution in [0.5, 0.6) is 11.6 Å². The third kappa shape index (κ3) is 10.5. The molecule has 0 aliphatic carbocycles. The number of ether oxygens (including phenoxy) is 1. The van der Waals surface area contributed by atoms with E-state index in [2.05, 4.69) is 19.9 Å². The molecule has 3 amide bonds. The number of hydrogen-bond acceptors (Lipinski definition) is 7. The van der Waals surface area contributed by atoms with Crippen LogP contribution in [-0.4, -0.2) is 67.1 Å². The van der Waals surface area contributed by atoms with E-state index in [9.17, 15) is 22.4 Å². The van der Waals surface area contributed by atoms with Crippen LogP contribution in [-0.2, 0) is 16.6 Å². The Hall–Kier alpha value is -3.65. The zero-order valence-corrected chi connectivity index (χ0v) is 27.4. The number of halogens is 3. The number of unbranched alkanes of at least 4 members (excludes halogenated alkanes) is 1. The second-order valence-corrected chi connectivity index (χ2v) is 12.8. The summed E-state index contributed by atoms with van der Waals surface area (Å²) in [6.07, 6.45) is 6.10. The summed E-state index contributed by atoms with van der Waals surface area (Å²) in [7, 11) is -3.35. The number of piperidine rings is 1. The fourth-order valence-corrected chi connectivity index (χ4v) is 5.70. The molecule has 15 heteroatoms. The minimum atomic E-state index is -3.35. The lowest BCUT2D eigenvalue weighted by atomic mass is 10.0. The largest absolute Gasteiger partial charge is 0.439 e. The molecule has 4 N–H and O–H groups in total. The summed E-state index contributed by atoms with van der Waals surface area (Å²) < 4.78 is 45.0. The lowest BCUT2D eigenvalue weighted by Gasteiger charge is -2.38. The van der Waals surface area contributed by atoms with Gasteiger partial charge in [-0.2, -0.15) is 0 Å². The number of nitrogens with zero attached hydrogens (tertiary/aromatic N) is 3. The van der Waals surface area contributed by atoms with Gasteiger partial charge < -0.3 is 20.7 Å². The number of primary amides is 1. The molecule has 0 radical (unpaired) electrons. The summed E-state index contributed by atoms with van der Waals surface area (Å²) in [5, 5.41) is 2.73. The van der Waals surface area contributed by atoms with Gasteiger partial charge in [0.1, 0.15) is 11.6 Å². The van der Waals surface area contributed by atoms with Crippen molar-refractivity contribution < 1.29 is 27.1 Å². The van der Waals surface area contributed by atoms with Crippen molar-refractivity contribution in [3.8, 4) is 11.6 Å². The Labute approximate surface area is 273 Å². The Morgan fingerprint density at radius 1 is 1.16 bits per heavy atom. The van der Waals surface area contributed by atoms with Crippen molar-refractivity contribution in [2.45, 2.75) is 45.2 Å². The minimum Gasteiger partial charge on any atom is -0.439 e. The normalized spacial score (nSPS) is 13.9. The Kier molecular flexibility index (Phi) is 12.8. The number of benzene rings is 2. The van der Waals surface area contributed by atoms with Crippen molar-refractivity contribution in [3.63, 3.8) is 0 Å². The monoisotopic (exact) mass is 682 g/mol. The molecule has 4 rings (SSSR count). The summed E-state index contributed by atoms with van der Waals surface area (Å²) in [5.74, 6) is -0.849. The number of nitrogens with one attached hydrogen (secondary N) is 2. The number of sulfonamides is 1. The van der Waals surface area contributed by atoms with E-state index in [0.717, 1.165) is 62.7 Å². The SMILES string of the molecule is CCCCN(C(=O)Nc1cc(C(N)=O)c(F)cc1Cl)C1CCN(Cc2ccc(Oc3ccc(NS(C)(=O)=O)cc3)nc2)CC1.Cl. The van der Waals surface area contributed by atoms with E-state index in [-0.39, 0.29) is 40.8 Å². The van der Waals surface area contributed by atoms with Gasteiger partial charge >= 0.3 is 6.03 Å². The van der Waals surface area contributed by atoms with E-state index in [1.165, 1.54) is 0 Å². The van der Waals surface area contributed by atoms with Crippen molar-refractivity contribution in [1.82, 2.24) is 14.8 Å². The zero-order valence-electron chi connectivity index (χ0n) is 25.0. The highest BCUT2D eigenvalue weighted by Gasteiger charge is 2.28. The molecular formula is C30H37Cl2FN6O5S. The first kappa shape index (κ1) is 35.8. The molecule has 1 saturated heterocycles. The second kappa shape index (κ2) is 16.1. The first-order valence-corrected chi connectivity index (χ1v) is 16.5. The van der Waals surface area contributed by atoms with E-state index in [1.807, 2.05) is 13.0 Å². The van der Waals surface area contributed by atoms with Gasteiger partial charge in [0.25, 0.3) is 5.91 Å². The van der Waals surface area contributed by atoms with Gasteiger partial charge in [-0.25, -0.2) is 22.6 Å². The van der Waals surface area contributed by atoms with Gasteiger partial charge in [-0.15, -0.1) is 12.4 Å². The number of rotatable bonds is 12. The Morgan fingerprint density at radius 2 is 1.84 bits per heavy atom. The first-order chi connectivity index (χ1) is 20.9. The fourth-order valence-electron chi connectivity index (χ4n) is 4.94. The predicted octanol–water partition coefficient (Wildman–Crippen LogP) is 5.86. The van der Waals surface area contributed by atoms with Crippen molar-refractivity contribution >= 4 is 57.3 Å². The van der Waals surface area contributed by atoms with Gasteiger partial charge in [0.2, 0.25) is 15.9 Å². The number of likely N-dealkylation sites (tertiary alicyclic amines) is 1. The standard InChI is InChI=1S/C30H36ClFN6O5S.ClH/c1-3-4-13-38(30(40)35-27-16-24(29(33)39)26(32)17-25(27)31)22-11-14-37(15-12-22)19-20-5-10-28(34-18-20)43-23-8-6-21(7-9-23)36-44(2,41)42;/h5-10,16-18,22,36H,3-4,11-15,19H2,1-2H3,(H2,33,39)(H,35,40);1H. The molecule has 0 unspecified atom stereocenters. The Bertz CT molecular complexity index is 1570. The van der Waals surface area contributed by atoms with Gasteiger partial charge in [-0.3, -0.25) is 14.4 Å².